The molecule has 4 heteroatoms. The van der Waals surface area contributed by atoms with Gasteiger partial charge in [-0.3, -0.25) is 4.98 Å². The summed E-state index contributed by atoms with van der Waals surface area (Å²) in [7, 11) is 0. The molecule has 7 aromatic rings. The summed E-state index contributed by atoms with van der Waals surface area (Å²) in [5, 5.41) is 8.99. The van der Waals surface area contributed by atoms with Gasteiger partial charge in [-0.05, 0) is 54.6 Å². The number of hydrogen-bond donors (Lipinski definition) is 0. The molecule has 0 saturated carbocycles. The monoisotopic (exact) mass is 447 g/mol. The lowest BCUT2D eigenvalue weighted by atomic mass is 9.90. The van der Waals surface area contributed by atoms with E-state index >= 15 is 0 Å². The molecule has 0 aliphatic rings. The third-order valence-electron chi connectivity index (χ3n) is 6.71. The molecule has 0 atom stereocenters. The normalized spacial score (nSPS) is 12.2. The SMILES string of the molecule is C=c1oc2ccccc2c2c1c(C)c1c3cc(Cl)c4cc(C)cnc4c3oc3cccc2c31. The Balaban J connectivity index is 1.86. The zero-order chi connectivity index (χ0) is 22.4. The molecule has 0 radical (unpaired) electrons. The van der Waals surface area contributed by atoms with Gasteiger partial charge in [0.25, 0.3) is 0 Å². The number of rotatable bonds is 0. The fourth-order valence-electron chi connectivity index (χ4n) is 5.36. The Morgan fingerprint density at radius 2 is 1.55 bits per heavy atom. The second kappa shape index (κ2) is 6.37. The van der Waals surface area contributed by atoms with Crippen LogP contribution in [0.2, 0.25) is 5.02 Å². The van der Waals surface area contributed by atoms with E-state index in [4.69, 9.17) is 25.4 Å². The summed E-state index contributed by atoms with van der Waals surface area (Å²) in [6, 6.07) is 18.4. The highest BCUT2D eigenvalue weighted by Crippen LogP contribution is 2.44. The summed E-state index contributed by atoms with van der Waals surface area (Å²) in [4.78, 5) is 4.70. The zero-order valence-electron chi connectivity index (χ0n) is 18.1. The molecule has 0 N–H and O–H groups in total. The molecular weight excluding hydrogens is 430 g/mol. The molecule has 0 unspecified atom stereocenters. The first-order chi connectivity index (χ1) is 16.0. The fourth-order valence-corrected chi connectivity index (χ4v) is 5.61. The van der Waals surface area contributed by atoms with Crippen LogP contribution in [0.3, 0.4) is 0 Å². The van der Waals surface area contributed by atoms with Crippen LogP contribution in [0.4, 0.5) is 0 Å². The van der Waals surface area contributed by atoms with Crippen molar-refractivity contribution in [1.29, 1.82) is 0 Å². The Labute approximate surface area is 193 Å². The van der Waals surface area contributed by atoms with Crippen LogP contribution < -0.4 is 5.42 Å². The summed E-state index contributed by atoms with van der Waals surface area (Å²) in [5.41, 5.74) is 5.95. The van der Waals surface area contributed by atoms with E-state index < -0.39 is 0 Å². The summed E-state index contributed by atoms with van der Waals surface area (Å²) < 4.78 is 12.7. The van der Waals surface area contributed by atoms with E-state index in [1.165, 1.54) is 0 Å². The number of halogens is 1. The molecule has 3 heterocycles. The lowest BCUT2D eigenvalue weighted by Gasteiger charge is -2.17. The molecule has 33 heavy (non-hydrogen) atoms. The lowest BCUT2D eigenvalue weighted by molar-refractivity contribution is 0.576. The smallest absolute Gasteiger partial charge is 0.161 e. The summed E-state index contributed by atoms with van der Waals surface area (Å²) in [6.07, 6.45) is 1.85. The van der Waals surface area contributed by atoms with E-state index in [0.29, 0.717) is 10.4 Å². The van der Waals surface area contributed by atoms with Gasteiger partial charge < -0.3 is 8.83 Å². The number of aromatic nitrogens is 1. The molecule has 7 rings (SSSR count). The second-order valence-corrected chi connectivity index (χ2v) is 9.10. The van der Waals surface area contributed by atoms with Gasteiger partial charge in [0.1, 0.15) is 22.1 Å². The van der Waals surface area contributed by atoms with Gasteiger partial charge >= 0.3 is 0 Å². The maximum absolute atomic E-state index is 6.78. The maximum Gasteiger partial charge on any atom is 0.161 e. The Morgan fingerprint density at radius 3 is 2.42 bits per heavy atom. The highest BCUT2D eigenvalue weighted by atomic mass is 35.5. The molecule has 0 aliphatic heterocycles. The molecular formula is C29H18ClNO2. The van der Waals surface area contributed by atoms with Crippen LogP contribution >= 0.6 is 11.6 Å². The maximum atomic E-state index is 6.78. The summed E-state index contributed by atoms with van der Waals surface area (Å²) in [5.74, 6) is 0. The number of pyridine rings is 1. The molecule has 0 fully saturated rings. The third-order valence-corrected chi connectivity index (χ3v) is 7.02. The minimum Gasteiger partial charge on any atom is -0.457 e. The van der Waals surface area contributed by atoms with Crippen molar-refractivity contribution in [2.75, 3.05) is 0 Å². The van der Waals surface area contributed by atoms with Crippen molar-refractivity contribution in [1.82, 2.24) is 4.98 Å². The first-order valence-corrected chi connectivity index (χ1v) is 11.2. The van der Waals surface area contributed by atoms with Crippen LogP contribution in [-0.2, 0) is 0 Å². The number of fused-ring (bicyclic) bond motifs is 8. The molecule has 4 aromatic carbocycles. The number of hydrogen-bond acceptors (Lipinski definition) is 3. The van der Waals surface area contributed by atoms with E-state index in [1.54, 1.807) is 0 Å². The van der Waals surface area contributed by atoms with E-state index in [2.05, 4.69) is 31.7 Å². The Hall–Kier alpha value is -3.82. The molecule has 0 saturated heterocycles. The van der Waals surface area contributed by atoms with Gasteiger partial charge in [0.15, 0.2) is 5.58 Å². The van der Waals surface area contributed by atoms with Crippen molar-refractivity contribution in [3.8, 4) is 0 Å². The molecule has 158 valence electrons. The van der Waals surface area contributed by atoms with Crippen LogP contribution in [-0.4, -0.2) is 4.98 Å². The first-order valence-electron chi connectivity index (χ1n) is 10.9. The molecule has 0 bridgehead atoms. The first kappa shape index (κ1) is 18.7. The highest BCUT2D eigenvalue weighted by Gasteiger charge is 2.21. The average molecular weight is 448 g/mol. The standard InChI is InChI=1S/C29H18ClNO2/c1-14-11-19-21(30)12-20-25-15(2)24-16(3)32-22-9-5-4-7-17(22)26(24)18-8-6-10-23(27(18)25)33-29(20)28(19)31-13-14/h4-13H,3H2,1-2H3. The predicted octanol–water partition coefficient (Wildman–Crippen LogP) is 8.15. The van der Waals surface area contributed by atoms with Crippen LogP contribution in [0.15, 0.2) is 69.6 Å². The number of nitrogens with zero attached hydrogens (tertiary/aromatic N) is 1. The van der Waals surface area contributed by atoms with Crippen LogP contribution in [0.1, 0.15) is 11.1 Å². The van der Waals surface area contributed by atoms with Gasteiger partial charge in [-0.15, -0.1) is 0 Å². The Bertz CT molecular complexity index is 2030. The fraction of sp³-hybridized carbons (Fsp3) is 0.0690. The van der Waals surface area contributed by atoms with Crippen LogP contribution in [0.25, 0.3) is 71.9 Å². The Morgan fingerprint density at radius 1 is 0.758 bits per heavy atom. The minimum absolute atomic E-state index is 0.651. The molecule has 3 aromatic heterocycles. The number of aryl methyl sites for hydroxylation is 2. The highest BCUT2D eigenvalue weighted by molar-refractivity contribution is 6.39. The van der Waals surface area contributed by atoms with Gasteiger partial charge in [-0.1, -0.05) is 48.5 Å². The van der Waals surface area contributed by atoms with Crippen molar-refractivity contribution < 1.29 is 8.83 Å². The van der Waals surface area contributed by atoms with Crippen molar-refractivity contribution in [2.45, 2.75) is 13.8 Å². The van der Waals surface area contributed by atoms with Crippen LogP contribution in [0, 0.1) is 13.8 Å². The quantitative estimate of drug-likeness (QED) is 0.174. The number of benzene rings is 4. The van der Waals surface area contributed by atoms with E-state index in [-0.39, 0.29) is 0 Å². The largest absolute Gasteiger partial charge is 0.457 e. The van der Waals surface area contributed by atoms with Gasteiger partial charge in [-0.25, -0.2) is 0 Å². The molecule has 3 nitrogen and oxygen atoms in total. The zero-order valence-corrected chi connectivity index (χ0v) is 18.9. The van der Waals surface area contributed by atoms with Crippen molar-refractivity contribution in [3.05, 3.63) is 82.4 Å². The van der Waals surface area contributed by atoms with Gasteiger partial charge in [0, 0.05) is 43.9 Å². The van der Waals surface area contributed by atoms with Gasteiger partial charge in [0.2, 0.25) is 0 Å². The average Bonchev–Trinajstić information content (AvgIpc) is 2.81. The minimum atomic E-state index is 0.651. The predicted molar refractivity (Wildman–Crippen MR) is 138 cm³/mol. The van der Waals surface area contributed by atoms with Crippen molar-refractivity contribution >= 4 is 83.5 Å². The van der Waals surface area contributed by atoms with E-state index in [1.807, 2.05) is 49.5 Å². The molecule has 0 aliphatic carbocycles. The molecule has 0 spiro atoms. The van der Waals surface area contributed by atoms with Gasteiger partial charge in [-0.2, -0.15) is 0 Å². The summed E-state index contributed by atoms with van der Waals surface area (Å²) >= 11 is 6.78. The van der Waals surface area contributed by atoms with Crippen molar-refractivity contribution in [3.63, 3.8) is 0 Å². The lowest BCUT2D eigenvalue weighted by Crippen LogP contribution is -2.03. The number of para-hydroxylation sites is 1. The van der Waals surface area contributed by atoms with E-state index in [0.717, 1.165) is 76.5 Å². The second-order valence-electron chi connectivity index (χ2n) is 8.70. The topological polar surface area (TPSA) is 39.2 Å². The Kier molecular flexibility index (Phi) is 3.61. The molecule has 0 amide bonds. The van der Waals surface area contributed by atoms with Crippen LogP contribution in [0.5, 0.6) is 0 Å². The van der Waals surface area contributed by atoms with Crippen molar-refractivity contribution in [2.24, 2.45) is 0 Å². The summed E-state index contributed by atoms with van der Waals surface area (Å²) in [6.45, 7) is 8.42. The third kappa shape index (κ3) is 2.37. The van der Waals surface area contributed by atoms with E-state index in [9.17, 15) is 0 Å². The van der Waals surface area contributed by atoms with Gasteiger partial charge in [0.05, 0.1) is 5.02 Å².